The average molecular weight is 316 g/mol. The second-order valence-electron chi connectivity index (χ2n) is 6.22. The van der Waals surface area contributed by atoms with Crippen molar-refractivity contribution in [3.05, 3.63) is 30.1 Å². The molecule has 0 aliphatic heterocycles. The minimum absolute atomic E-state index is 0.142. The van der Waals surface area contributed by atoms with E-state index in [-0.39, 0.29) is 24.2 Å². The van der Waals surface area contributed by atoms with Crippen LogP contribution in [0.5, 0.6) is 0 Å². The summed E-state index contributed by atoms with van der Waals surface area (Å²) in [6.07, 6.45) is 3.72. The molecule has 1 saturated carbocycles. The Hall–Kier alpha value is -2.08. The molecular formula is C17H24N4O2. The molecule has 23 heavy (non-hydrogen) atoms. The summed E-state index contributed by atoms with van der Waals surface area (Å²) in [5.74, 6) is 0.780. The van der Waals surface area contributed by atoms with E-state index in [1.807, 2.05) is 31.2 Å². The smallest absolute Gasteiger partial charge is 0.315 e. The normalized spacial score (nSPS) is 22.7. The summed E-state index contributed by atoms with van der Waals surface area (Å²) in [5, 5.41) is 15.5. The van der Waals surface area contributed by atoms with Crippen LogP contribution in [-0.4, -0.2) is 33.3 Å². The molecule has 1 aliphatic carbocycles. The summed E-state index contributed by atoms with van der Waals surface area (Å²) < 4.78 is 0. The molecule has 3 rings (SSSR count). The number of aromatic nitrogens is 2. The summed E-state index contributed by atoms with van der Waals surface area (Å²) in [7, 11) is 0. The number of imidazole rings is 1. The lowest BCUT2D eigenvalue weighted by atomic mass is 9.93. The average Bonchev–Trinajstić information content (AvgIpc) is 2.98. The lowest BCUT2D eigenvalue weighted by molar-refractivity contribution is 0.117. The van der Waals surface area contributed by atoms with E-state index in [0.717, 1.165) is 49.0 Å². The van der Waals surface area contributed by atoms with E-state index in [4.69, 9.17) is 0 Å². The maximum atomic E-state index is 12.2. The van der Waals surface area contributed by atoms with Crippen molar-refractivity contribution in [2.75, 3.05) is 0 Å². The van der Waals surface area contributed by atoms with E-state index >= 15 is 0 Å². The second kappa shape index (κ2) is 7.00. The summed E-state index contributed by atoms with van der Waals surface area (Å²) >= 11 is 0. The van der Waals surface area contributed by atoms with Crippen LogP contribution in [0.3, 0.4) is 0 Å². The molecule has 1 heterocycles. The number of aliphatic hydroxyl groups excluding tert-OH is 1. The minimum Gasteiger partial charge on any atom is -0.393 e. The Morgan fingerprint density at radius 1 is 1.35 bits per heavy atom. The van der Waals surface area contributed by atoms with Crippen LogP contribution >= 0.6 is 0 Å². The maximum Gasteiger partial charge on any atom is 0.315 e. The molecule has 0 saturated heterocycles. The molecule has 1 aromatic carbocycles. The van der Waals surface area contributed by atoms with Crippen molar-refractivity contribution >= 4 is 17.1 Å². The molecule has 2 aromatic rings. The molecular weight excluding hydrogens is 292 g/mol. The predicted octanol–water partition coefficient (Wildman–Crippen LogP) is 2.62. The van der Waals surface area contributed by atoms with Gasteiger partial charge in [0.15, 0.2) is 0 Å². The molecule has 4 N–H and O–H groups in total. The first kappa shape index (κ1) is 15.8. The Labute approximate surface area is 135 Å². The fraction of sp³-hybridized carbons (Fsp3) is 0.529. The number of carbonyl (C=O) groups excluding carboxylic acids is 1. The van der Waals surface area contributed by atoms with Crippen molar-refractivity contribution in [2.45, 2.75) is 57.2 Å². The van der Waals surface area contributed by atoms with Gasteiger partial charge < -0.3 is 20.7 Å². The number of H-pyrrole nitrogens is 1. The highest BCUT2D eigenvalue weighted by atomic mass is 16.3. The van der Waals surface area contributed by atoms with Gasteiger partial charge in [-0.2, -0.15) is 0 Å². The van der Waals surface area contributed by atoms with Crippen molar-refractivity contribution in [3.8, 4) is 0 Å². The van der Waals surface area contributed by atoms with Gasteiger partial charge >= 0.3 is 6.03 Å². The molecule has 1 aliphatic rings. The van der Waals surface area contributed by atoms with Gasteiger partial charge in [0.2, 0.25) is 0 Å². The fourth-order valence-electron chi connectivity index (χ4n) is 3.11. The first-order valence-corrected chi connectivity index (χ1v) is 8.35. The number of urea groups is 1. The van der Waals surface area contributed by atoms with Crippen LogP contribution in [0, 0.1) is 0 Å². The number of fused-ring (bicyclic) bond motifs is 1. The maximum absolute atomic E-state index is 12.2. The summed E-state index contributed by atoms with van der Waals surface area (Å²) in [5.41, 5.74) is 1.88. The molecule has 0 radical (unpaired) electrons. The van der Waals surface area contributed by atoms with Gasteiger partial charge in [-0.25, -0.2) is 9.78 Å². The topological polar surface area (TPSA) is 90.0 Å². The van der Waals surface area contributed by atoms with Crippen LogP contribution in [0.4, 0.5) is 4.79 Å². The predicted molar refractivity (Wildman–Crippen MR) is 89.1 cm³/mol. The van der Waals surface area contributed by atoms with Gasteiger partial charge in [0.25, 0.3) is 0 Å². The highest BCUT2D eigenvalue weighted by Gasteiger charge is 2.22. The number of nitrogens with one attached hydrogen (secondary N) is 3. The first-order valence-electron chi connectivity index (χ1n) is 8.35. The van der Waals surface area contributed by atoms with Gasteiger partial charge in [0, 0.05) is 6.04 Å². The third-order valence-electron chi connectivity index (χ3n) is 4.48. The zero-order valence-electron chi connectivity index (χ0n) is 13.4. The van der Waals surface area contributed by atoms with Crippen molar-refractivity contribution in [3.63, 3.8) is 0 Å². The van der Waals surface area contributed by atoms with E-state index in [1.165, 1.54) is 0 Å². The van der Waals surface area contributed by atoms with Crippen molar-refractivity contribution in [1.29, 1.82) is 0 Å². The zero-order chi connectivity index (χ0) is 16.2. The molecule has 1 unspecified atom stereocenters. The van der Waals surface area contributed by atoms with E-state index < -0.39 is 0 Å². The second-order valence-corrected chi connectivity index (χ2v) is 6.22. The number of hydrogen-bond donors (Lipinski definition) is 4. The van der Waals surface area contributed by atoms with Crippen molar-refractivity contribution in [2.24, 2.45) is 0 Å². The molecule has 0 bridgehead atoms. The molecule has 2 amide bonds. The number of aromatic amines is 1. The highest BCUT2D eigenvalue weighted by Crippen LogP contribution is 2.20. The molecule has 124 valence electrons. The zero-order valence-corrected chi connectivity index (χ0v) is 13.4. The molecule has 6 heteroatoms. The molecule has 1 aromatic heterocycles. The van der Waals surface area contributed by atoms with E-state index in [0.29, 0.717) is 0 Å². The first-order chi connectivity index (χ1) is 11.2. The standard InChI is InChI=1S/C17H24N4O2/c1-2-13(16-19-14-5-3-4-6-15(14)20-16)21-17(23)18-11-7-9-12(22)10-8-11/h3-6,11-13,22H,2,7-10H2,1H3,(H,19,20)(H2,18,21,23). The van der Waals surface area contributed by atoms with Crippen LogP contribution in [0.1, 0.15) is 50.9 Å². The van der Waals surface area contributed by atoms with Crippen LogP contribution in [0.2, 0.25) is 0 Å². The number of nitrogens with zero attached hydrogens (tertiary/aromatic N) is 1. The number of aliphatic hydroxyl groups is 1. The summed E-state index contributed by atoms with van der Waals surface area (Å²) in [6.45, 7) is 2.02. The van der Waals surface area contributed by atoms with Crippen molar-refractivity contribution in [1.82, 2.24) is 20.6 Å². The number of amides is 2. The third-order valence-corrected chi connectivity index (χ3v) is 4.48. The van der Waals surface area contributed by atoms with Crippen LogP contribution in [0.15, 0.2) is 24.3 Å². The molecule has 1 atom stereocenters. The van der Waals surface area contributed by atoms with Gasteiger partial charge in [0.05, 0.1) is 23.2 Å². The van der Waals surface area contributed by atoms with E-state index in [1.54, 1.807) is 0 Å². The monoisotopic (exact) mass is 316 g/mol. The van der Waals surface area contributed by atoms with Gasteiger partial charge in [0.1, 0.15) is 5.82 Å². The Bertz CT molecular complexity index is 628. The van der Waals surface area contributed by atoms with Crippen LogP contribution < -0.4 is 10.6 Å². The lowest BCUT2D eigenvalue weighted by Gasteiger charge is -2.27. The van der Waals surface area contributed by atoms with Gasteiger partial charge in [-0.1, -0.05) is 19.1 Å². The molecule has 1 fully saturated rings. The fourth-order valence-corrected chi connectivity index (χ4v) is 3.11. The Morgan fingerprint density at radius 3 is 2.78 bits per heavy atom. The summed E-state index contributed by atoms with van der Waals surface area (Å²) in [6, 6.07) is 7.68. The largest absolute Gasteiger partial charge is 0.393 e. The van der Waals surface area contributed by atoms with E-state index in [2.05, 4.69) is 20.6 Å². The number of rotatable bonds is 4. The Morgan fingerprint density at radius 2 is 2.09 bits per heavy atom. The van der Waals surface area contributed by atoms with E-state index in [9.17, 15) is 9.90 Å². The van der Waals surface area contributed by atoms with Crippen LogP contribution in [-0.2, 0) is 0 Å². The quantitative estimate of drug-likeness (QED) is 0.699. The molecule has 6 nitrogen and oxygen atoms in total. The number of carbonyl (C=O) groups is 1. The Balaban J connectivity index is 1.61. The number of para-hydroxylation sites is 2. The minimum atomic E-state index is -0.213. The Kier molecular flexibility index (Phi) is 4.81. The SMILES string of the molecule is CCC(NC(=O)NC1CCC(O)CC1)c1nc2ccccc2[nH]1. The molecule has 0 spiro atoms. The van der Waals surface area contributed by atoms with Gasteiger partial charge in [-0.05, 0) is 44.2 Å². The van der Waals surface area contributed by atoms with Gasteiger partial charge in [-0.3, -0.25) is 0 Å². The van der Waals surface area contributed by atoms with Crippen LogP contribution in [0.25, 0.3) is 11.0 Å². The lowest BCUT2D eigenvalue weighted by Crippen LogP contribution is -2.45. The summed E-state index contributed by atoms with van der Waals surface area (Å²) in [4.78, 5) is 20.1. The number of benzene rings is 1. The van der Waals surface area contributed by atoms with Crippen molar-refractivity contribution < 1.29 is 9.90 Å². The third kappa shape index (κ3) is 3.82. The number of hydrogen-bond acceptors (Lipinski definition) is 3. The highest BCUT2D eigenvalue weighted by molar-refractivity contribution is 5.76. The van der Waals surface area contributed by atoms with Gasteiger partial charge in [-0.15, -0.1) is 0 Å².